The van der Waals surface area contributed by atoms with Crippen LogP contribution in [0.5, 0.6) is 11.5 Å². The third-order valence-electron chi connectivity index (χ3n) is 2.08. The minimum Gasteiger partial charge on any atom is -0.497 e. The van der Waals surface area contributed by atoms with Gasteiger partial charge in [-0.15, -0.1) is 6.58 Å². The van der Waals surface area contributed by atoms with E-state index in [1.165, 1.54) is 5.57 Å². The number of rotatable bonds is 6. The quantitative estimate of drug-likeness (QED) is 0.524. The molecule has 15 heavy (non-hydrogen) atoms. The van der Waals surface area contributed by atoms with E-state index in [-0.39, 0.29) is 0 Å². The van der Waals surface area contributed by atoms with Gasteiger partial charge in [0.1, 0.15) is 11.5 Å². The van der Waals surface area contributed by atoms with Crippen molar-refractivity contribution < 1.29 is 9.47 Å². The molecular weight excluding hydrogens is 188 g/mol. The van der Waals surface area contributed by atoms with Crippen molar-refractivity contribution in [3.8, 4) is 11.5 Å². The highest BCUT2D eigenvalue weighted by atomic mass is 16.5. The Hall–Kier alpha value is -1.44. The Morgan fingerprint density at radius 1 is 1.20 bits per heavy atom. The largest absolute Gasteiger partial charge is 0.497 e. The lowest BCUT2D eigenvalue weighted by molar-refractivity contribution is 0.310. The third kappa shape index (κ3) is 4.54. The monoisotopic (exact) mass is 206 g/mol. The van der Waals surface area contributed by atoms with E-state index in [0.717, 1.165) is 30.9 Å². The van der Waals surface area contributed by atoms with Crippen LogP contribution in [0, 0.1) is 0 Å². The molecule has 0 heterocycles. The number of hydrogen-bond donors (Lipinski definition) is 0. The smallest absolute Gasteiger partial charge is 0.119 e. The van der Waals surface area contributed by atoms with Gasteiger partial charge in [-0.25, -0.2) is 0 Å². The van der Waals surface area contributed by atoms with Crippen molar-refractivity contribution in [3.63, 3.8) is 0 Å². The van der Waals surface area contributed by atoms with E-state index in [4.69, 9.17) is 9.47 Å². The van der Waals surface area contributed by atoms with Crippen molar-refractivity contribution in [1.82, 2.24) is 0 Å². The van der Waals surface area contributed by atoms with Crippen LogP contribution in [0.4, 0.5) is 0 Å². The van der Waals surface area contributed by atoms with Crippen LogP contribution in [0.25, 0.3) is 0 Å². The third-order valence-corrected chi connectivity index (χ3v) is 2.08. The second kappa shape index (κ2) is 6.12. The zero-order valence-corrected chi connectivity index (χ0v) is 9.45. The molecule has 0 saturated carbocycles. The summed E-state index contributed by atoms with van der Waals surface area (Å²) in [4.78, 5) is 0. The molecule has 0 amide bonds. The van der Waals surface area contributed by atoms with E-state index in [1.807, 2.05) is 31.2 Å². The van der Waals surface area contributed by atoms with E-state index in [2.05, 4.69) is 6.58 Å². The van der Waals surface area contributed by atoms with Gasteiger partial charge in [-0.05, 0) is 44.0 Å². The molecular formula is C13H18O2. The van der Waals surface area contributed by atoms with Crippen LogP contribution in [0.15, 0.2) is 36.4 Å². The summed E-state index contributed by atoms with van der Waals surface area (Å²) in [5, 5.41) is 0. The molecule has 0 spiro atoms. The molecule has 0 radical (unpaired) electrons. The molecule has 2 heteroatoms. The SMILES string of the molecule is C=C(C)CCCOc1ccc(OC)cc1. The van der Waals surface area contributed by atoms with E-state index in [1.54, 1.807) is 7.11 Å². The van der Waals surface area contributed by atoms with Crippen molar-refractivity contribution >= 4 is 0 Å². The zero-order valence-electron chi connectivity index (χ0n) is 9.45. The molecule has 2 nitrogen and oxygen atoms in total. The zero-order chi connectivity index (χ0) is 11.1. The predicted molar refractivity (Wildman–Crippen MR) is 62.5 cm³/mol. The maximum absolute atomic E-state index is 5.56. The van der Waals surface area contributed by atoms with Gasteiger partial charge in [0.25, 0.3) is 0 Å². The lowest BCUT2D eigenvalue weighted by Gasteiger charge is -2.06. The lowest BCUT2D eigenvalue weighted by atomic mass is 10.2. The molecule has 1 rings (SSSR count). The van der Waals surface area contributed by atoms with Gasteiger partial charge >= 0.3 is 0 Å². The molecule has 0 fully saturated rings. The Morgan fingerprint density at radius 2 is 1.80 bits per heavy atom. The van der Waals surface area contributed by atoms with Crippen LogP contribution in [0.3, 0.4) is 0 Å². The molecule has 82 valence electrons. The lowest BCUT2D eigenvalue weighted by Crippen LogP contribution is -1.97. The number of benzene rings is 1. The van der Waals surface area contributed by atoms with Crippen molar-refractivity contribution in [2.24, 2.45) is 0 Å². The molecule has 1 aromatic carbocycles. The molecule has 0 aromatic heterocycles. The predicted octanol–water partition coefficient (Wildman–Crippen LogP) is 3.43. The Balaban J connectivity index is 2.28. The molecule has 0 bridgehead atoms. The van der Waals surface area contributed by atoms with Crippen LogP contribution < -0.4 is 9.47 Å². The summed E-state index contributed by atoms with van der Waals surface area (Å²) < 4.78 is 10.6. The average molecular weight is 206 g/mol. The Labute approximate surface area is 91.5 Å². The number of methoxy groups -OCH3 is 1. The fourth-order valence-corrected chi connectivity index (χ4v) is 1.24. The summed E-state index contributed by atoms with van der Waals surface area (Å²) in [6, 6.07) is 7.63. The first-order valence-corrected chi connectivity index (χ1v) is 5.13. The first-order valence-electron chi connectivity index (χ1n) is 5.13. The van der Waals surface area contributed by atoms with Gasteiger partial charge in [-0.2, -0.15) is 0 Å². The first kappa shape index (κ1) is 11.6. The molecule has 0 saturated heterocycles. The topological polar surface area (TPSA) is 18.5 Å². The first-order chi connectivity index (χ1) is 7.22. The maximum atomic E-state index is 5.56. The minimum atomic E-state index is 0.735. The van der Waals surface area contributed by atoms with Gasteiger partial charge in [0.05, 0.1) is 13.7 Å². The van der Waals surface area contributed by atoms with E-state index >= 15 is 0 Å². The van der Waals surface area contributed by atoms with Gasteiger partial charge < -0.3 is 9.47 Å². The van der Waals surface area contributed by atoms with E-state index in [9.17, 15) is 0 Å². The van der Waals surface area contributed by atoms with Crippen molar-refractivity contribution in [1.29, 1.82) is 0 Å². The minimum absolute atomic E-state index is 0.735. The molecule has 1 aromatic rings. The fraction of sp³-hybridized carbons (Fsp3) is 0.385. The fourth-order valence-electron chi connectivity index (χ4n) is 1.24. The van der Waals surface area contributed by atoms with Crippen LogP contribution in [0.1, 0.15) is 19.8 Å². The van der Waals surface area contributed by atoms with Crippen molar-refractivity contribution in [3.05, 3.63) is 36.4 Å². The Bertz CT molecular complexity index is 301. The highest BCUT2D eigenvalue weighted by molar-refractivity contribution is 5.31. The summed E-state index contributed by atoms with van der Waals surface area (Å²) in [6.07, 6.45) is 2.04. The van der Waals surface area contributed by atoms with Crippen molar-refractivity contribution in [2.75, 3.05) is 13.7 Å². The van der Waals surface area contributed by atoms with Gasteiger partial charge in [0.2, 0.25) is 0 Å². The standard InChI is InChI=1S/C13H18O2/c1-11(2)5-4-10-15-13-8-6-12(14-3)7-9-13/h6-9H,1,4-5,10H2,2-3H3. The second-order valence-corrected chi connectivity index (χ2v) is 3.58. The summed E-state index contributed by atoms with van der Waals surface area (Å²) in [7, 11) is 1.66. The molecule has 0 aliphatic rings. The molecule has 0 N–H and O–H groups in total. The number of ether oxygens (including phenoxy) is 2. The van der Waals surface area contributed by atoms with E-state index < -0.39 is 0 Å². The van der Waals surface area contributed by atoms with Crippen LogP contribution in [-0.2, 0) is 0 Å². The van der Waals surface area contributed by atoms with Crippen LogP contribution >= 0.6 is 0 Å². The van der Waals surface area contributed by atoms with E-state index in [0.29, 0.717) is 0 Å². The Kier molecular flexibility index (Phi) is 4.75. The Morgan fingerprint density at radius 3 is 2.33 bits per heavy atom. The van der Waals surface area contributed by atoms with Gasteiger partial charge in [-0.1, -0.05) is 5.57 Å². The molecule has 0 aliphatic heterocycles. The molecule has 0 unspecified atom stereocenters. The van der Waals surface area contributed by atoms with Crippen molar-refractivity contribution in [2.45, 2.75) is 19.8 Å². The maximum Gasteiger partial charge on any atom is 0.119 e. The second-order valence-electron chi connectivity index (χ2n) is 3.58. The average Bonchev–Trinajstić information content (AvgIpc) is 2.25. The van der Waals surface area contributed by atoms with Crippen LogP contribution in [-0.4, -0.2) is 13.7 Å². The van der Waals surface area contributed by atoms with Gasteiger partial charge in [0.15, 0.2) is 0 Å². The summed E-state index contributed by atoms with van der Waals surface area (Å²) in [5.41, 5.74) is 1.20. The number of allylic oxidation sites excluding steroid dienone is 1. The highest BCUT2D eigenvalue weighted by Gasteiger charge is 1.95. The molecule has 0 aliphatic carbocycles. The number of hydrogen-bond acceptors (Lipinski definition) is 2. The molecule has 0 atom stereocenters. The van der Waals surface area contributed by atoms with Gasteiger partial charge in [-0.3, -0.25) is 0 Å². The summed E-state index contributed by atoms with van der Waals surface area (Å²) in [5.74, 6) is 1.74. The van der Waals surface area contributed by atoms with Gasteiger partial charge in [0, 0.05) is 0 Å². The van der Waals surface area contributed by atoms with Crippen LogP contribution in [0.2, 0.25) is 0 Å². The normalized spacial score (nSPS) is 9.73. The summed E-state index contributed by atoms with van der Waals surface area (Å²) >= 11 is 0. The highest BCUT2D eigenvalue weighted by Crippen LogP contribution is 2.17. The summed E-state index contributed by atoms with van der Waals surface area (Å²) in [6.45, 7) is 6.62.